The summed E-state index contributed by atoms with van der Waals surface area (Å²) in [4.78, 5) is 15.8. The first-order valence-corrected chi connectivity index (χ1v) is 8.59. The van der Waals surface area contributed by atoms with Gasteiger partial charge in [-0.1, -0.05) is 42.5 Å². The molecule has 3 aromatic carbocycles. The first-order chi connectivity index (χ1) is 13.2. The summed E-state index contributed by atoms with van der Waals surface area (Å²) in [5, 5.41) is 14.5. The standard InChI is InChI=1S/C22H18N2O3/c1-27-19-8-4-6-17-20(16-5-2-3-7-18(16)24-21(17)19)23-13-14-9-11-15(12-10-14)22(25)26/h2-12H,13H2,1H3,(H,23,24)(H,25,26). The van der Waals surface area contributed by atoms with Gasteiger partial charge >= 0.3 is 5.97 Å². The van der Waals surface area contributed by atoms with Crippen molar-refractivity contribution in [3.8, 4) is 5.75 Å². The van der Waals surface area contributed by atoms with Crippen molar-refractivity contribution in [3.63, 3.8) is 0 Å². The van der Waals surface area contributed by atoms with Crippen molar-refractivity contribution in [2.75, 3.05) is 12.4 Å². The summed E-state index contributed by atoms with van der Waals surface area (Å²) in [5.74, 6) is -0.195. The topological polar surface area (TPSA) is 71.5 Å². The number of anilines is 1. The number of carboxylic acid groups (broad SMARTS) is 1. The number of aromatic carboxylic acids is 1. The van der Waals surface area contributed by atoms with E-state index in [4.69, 9.17) is 14.8 Å². The lowest BCUT2D eigenvalue weighted by molar-refractivity contribution is 0.0697. The van der Waals surface area contributed by atoms with E-state index >= 15 is 0 Å². The van der Waals surface area contributed by atoms with Crippen molar-refractivity contribution in [2.24, 2.45) is 0 Å². The number of carbonyl (C=O) groups is 1. The highest BCUT2D eigenvalue weighted by molar-refractivity contribution is 6.08. The summed E-state index contributed by atoms with van der Waals surface area (Å²) in [6.07, 6.45) is 0. The molecule has 0 spiro atoms. The van der Waals surface area contributed by atoms with E-state index in [-0.39, 0.29) is 5.56 Å². The number of rotatable bonds is 5. The van der Waals surface area contributed by atoms with Gasteiger partial charge in [0.05, 0.1) is 23.9 Å². The molecule has 134 valence electrons. The molecule has 0 amide bonds. The summed E-state index contributed by atoms with van der Waals surface area (Å²) < 4.78 is 5.48. The molecule has 27 heavy (non-hydrogen) atoms. The van der Waals surface area contributed by atoms with Crippen LogP contribution >= 0.6 is 0 Å². The molecule has 0 unspecified atom stereocenters. The predicted molar refractivity (Wildman–Crippen MR) is 107 cm³/mol. The number of fused-ring (bicyclic) bond motifs is 2. The fraction of sp³-hybridized carbons (Fsp3) is 0.0909. The third-order valence-electron chi connectivity index (χ3n) is 4.56. The Morgan fingerprint density at radius 2 is 1.74 bits per heavy atom. The van der Waals surface area contributed by atoms with Crippen LogP contribution in [0.25, 0.3) is 21.8 Å². The Labute approximate surface area is 156 Å². The molecule has 0 bridgehead atoms. The zero-order valence-corrected chi connectivity index (χ0v) is 14.8. The van der Waals surface area contributed by atoms with E-state index in [1.807, 2.05) is 54.6 Å². The van der Waals surface area contributed by atoms with E-state index in [0.717, 1.165) is 38.8 Å². The maximum Gasteiger partial charge on any atom is 0.335 e. The molecule has 4 rings (SSSR count). The molecule has 0 fully saturated rings. The van der Waals surface area contributed by atoms with Crippen LogP contribution in [-0.2, 0) is 6.54 Å². The molecule has 1 heterocycles. The third-order valence-corrected chi connectivity index (χ3v) is 4.56. The van der Waals surface area contributed by atoms with Gasteiger partial charge in [0, 0.05) is 17.3 Å². The predicted octanol–water partition coefficient (Wildman–Crippen LogP) is 4.71. The SMILES string of the molecule is COc1cccc2c(NCc3ccc(C(=O)O)cc3)c3ccccc3nc12. The van der Waals surface area contributed by atoms with Gasteiger partial charge in [-0.15, -0.1) is 0 Å². The zero-order chi connectivity index (χ0) is 18.8. The lowest BCUT2D eigenvalue weighted by Crippen LogP contribution is -2.03. The van der Waals surface area contributed by atoms with Gasteiger partial charge in [-0.3, -0.25) is 0 Å². The Morgan fingerprint density at radius 1 is 1.00 bits per heavy atom. The van der Waals surface area contributed by atoms with Crippen LogP contribution in [0.2, 0.25) is 0 Å². The van der Waals surface area contributed by atoms with Crippen LogP contribution in [0.15, 0.2) is 66.7 Å². The number of pyridine rings is 1. The molecule has 4 aromatic rings. The summed E-state index contributed by atoms with van der Waals surface area (Å²) >= 11 is 0. The molecule has 0 radical (unpaired) electrons. The molecular formula is C22H18N2O3. The lowest BCUT2D eigenvalue weighted by atomic mass is 10.1. The number of hydrogen-bond acceptors (Lipinski definition) is 4. The molecule has 0 saturated heterocycles. The molecule has 5 heteroatoms. The van der Waals surface area contributed by atoms with Crippen LogP contribution in [0.3, 0.4) is 0 Å². The van der Waals surface area contributed by atoms with E-state index in [9.17, 15) is 4.79 Å². The van der Waals surface area contributed by atoms with E-state index in [1.165, 1.54) is 0 Å². The highest BCUT2D eigenvalue weighted by Gasteiger charge is 2.12. The molecule has 5 nitrogen and oxygen atoms in total. The number of nitrogens with zero attached hydrogens (tertiary/aromatic N) is 1. The maximum absolute atomic E-state index is 11.0. The number of benzene rings is 3. The van der Waals surface area contributed by atoms with Crippen LogP contribution < -0.4 is 10.1 Å². The molecule has 2 N–H and O–H groups in total. The Hall–Kier alpha value is -3.60. The summed E-state index contributed by atoms with van der Waals surface area (Å²) in [6, 6.07) is 20.7. The van der Waals surface area contributed by atoms with Crippen molar-refractivity contribution in [1.82, 2.24) is 4.98 Å². The second-order valence-electron chi connectivity index (χ2n) is 6.22. The van der Waals surface area contributed by atoms with Crippen molar-refractivity contribution in [1.29, 1.82) is 0 Å². The Kier molecular flexibility index (Phi) is 4.34. The maximum atomic E-state index is 11.0. The summed E-state index contributed by atoms with van der Waals surface area (Å²) in [5.41, 5.74) is 3.96. The zero-order valence-electron chi connectivity index (χ0n) is 14.8. The molecule has 0 aliphatic carbocycles. The molecule has 1 aromatic heterocycles. The lowest BCUT2D eigenvalue weighted by Gasteiger charge is -2.15. The largest absolute Gasteiger partial charge is 0.494 e. The number of nitrogens with one attached hydrogen (secondary N) is 1. The monoisotopic (exact) mass is 358 g/mol. The summed E-state index contributed by atoms with van der Waals surface area (Å²) in [7, 11) is 1.64. The van der Waals surface area contributed by atoms with Gasteiger partial charge in [0.2, 0.25) is 0 Å². The van der Waals surface area contributed by atoms with E-state index in [0.29, 0.717) is 6.54 Å². The average molecular weight is 358 g/mol. The van der Waals surface area contributed by atoms with E-state index in [2.05, 4.69) is 5.32 Å². The minimum atomic E-state index is -0.923. The van der Waals surface area contributed by atoms with Crippen LogP contribution in [0.5, 0.6) is 5.75 Å². The number of methoxy groups -OCH3 is 1. The molecule has 0 aliphatic heterocycles. The van der Waals surface area contributed by atoms with Gasteiger partial charge in [-0.2, -0.15) is 0 Å². The van der Waals surface area contributed by atoms with Gasteiger partial charge in [-0.05, 0) is 29.8 Å². The molecule has 0 saturated carbocycles. The number of aromatic nitrogens is 1. The fourth-order valence-corrected chi connectivity index (χ4v) is 3.20. The number of ether oxygens (including phenoxy) is 1. The highest BCUT2D eigenvalue weighted by Crippen LogP contribution is 2.35. The van der Waals surface area contributed by atoms with Gasteiger partial charge in [0.25, 0.3) is 0 Å². The fourth-order valence-electron chi connectivity index (χ4n) is 3.20. The van der Waals surface area contributed by atoms with Gasteiger partial charge in [0.1, 0.15) is 11.3 Å². The van der Waals surface area contributed by atoms with Crippen molar-refractivity contribution < 1.29 is 14.6 Å². The van der Waals surface area contributed by atoms with Crippen molar-refractivity contribution in [2.45, 2.75) is 6.54 Å². The smallest absolute Gasteiger partial charge is 0.335 e. The van der Waals surface area contributed by atoms with Crippen LogP contribution in [0.1, 0.15) is 15.9 Å². The minimum absolute atomic E-state index is 0.281. The van der Waals surface area contributed by atoms with Gasteiger partial charge < -0.3 is 15.2 Å². The Balaban J connectivity index is 1.78. The van der Waals surface area contributed by atoms with E-state index < -0.39 is 5.97 Å². The molecular weight excluding hydrogens is 340 g/mol. The average Bonchev–Trinajstić information content (AvgIpc) is 2.71. The quantitative estimate of drug-likeness (QED) is 0.506. The van der Waals surface area contributed by atoms with Crippen molar-refractivity contribution >= 4 is 33.5 Å². The molecule has 0 atom stereocenters. The van der Waals surface area contributed by atoms with Gasteiger partial charge in [-0.25, -0.2) is 9.78 Å². The summed E-state index contributed by atoms with van der Waals surface area (Å²) in [6.45, 7) is 0.570. The van der Waals surface area contributed by atoms with Crippen molar-refractivity contribution in [3.05, 3.63) is 77.9 Å². The second-order valence-corrected chi connectivity index (χ2v) is 6.22. The highest BCUT2D eigenvalue weighted by atomic mass is 16.5. The van der Waals surface area contributed by atoms with Crippen LogP contribution in [0, 0.1) is 0 Å². The number of carboxylic acids is 1. The second kappa shape index (κ2) is 6.96. The first kappa shape index (κ1) is 16.8. The Bertz CT molecular complexity index is 1140. The number of hydrogen-bond donors (Lipinski definition) is 2. The van der Waals surface area contributed by atoms with Crippen LogP contribution in [-0.4, -0.2) is 23.2 Å². The first-order valence-electron chi connectivity index (χ1n) is 8.59. The molecule has 0 aliphatic rings. The normalized spacial score (nSPS) is 10.9. The third kappa shape index (κ3) is 3.15. The number of para-hydroxylation sites is 2. The Morgan fingerprint density at radius 3 is 2.48 bits per heavy atom. The van der Waals surface area contributed by atoms with E-state index in [1.54, 1.807) is 19.2 Å². The van der Waals surface area contributed by atoms with Gasteiger partial charge in [0.15, 0.2) is 0 Å². The van der Waals surface area contributed by atoms with Crippen LogP contribution in [0.4, 0.5) is 5.69 Å². The minimum Gasteiger partial charge on any atom is -0.494 e.